The van der Waals surface area contributed by atoms with E-state index in [4.69, 9.17) is 5.73 Å². The van der Waals surface area contributed by atoms with Crippen LogP contribution in [0.15, 0.2) is 12.5 Å². The standard InChI is InChI=1S/C11H20N4O/c1-5-14(4)11(16)9(3)15-7-13-6-10(15)8(2)12/h6-9H,5,12H2,1-4H3. The third-order valence-electron chi connectivity index (χ3n) is 2.79. The van der Waals surface area contributed by atoms with Crippen molar-refractivity contribution in [1.82, 2.24) is 14.5 Å². The van der Waals surface area contributed by atoms with Gasteiger partial charge in [-0.15, -0.1) is 0 Å². The minimum Gasteiger partial charge on any atom is -0.344 e. The number of hydrogen-bond acceptors (Lipinski definition) is 3. The Morgan fingerprint density at radius 1 is 1.62 bits per heavy atom. The van der Waals surface area contributed by atoms with Crippen LogP contribution in [0, 0.1) is 0 Å². The monoisotopic (exact) mass is 224 g/mol. The van der Waals surface area contributed by atoms with E-state index in [1.54, 1.807) is 24.5 Å². The second-order valence-corrected chi connectivity index (χ2v) is 4.04. The fourth-order valence-corrected chi connectivity index (χ4v) is 1.58. The van der Waals surface area contributed by atoms with Crippen molar-refractivity contribution in [2.75, 3.05) is 13.6 Å². The van der Waals surface area contributed by atoms with Crippen molar-refractivity contribution in [3.63, 3.8) is 0 Å². The lowest BCUT2D eigenvalue weighted by Gasteiger charge is -2.22. The van der Waals surface area contributed by atoms with E-state index in [2.05, 4.69) is 4.98 Å². The van der Waals surface area contributed by atoms with Gasteiger partial charge < -0.3 is 15.2 Å². The predicted octanol–water partition coefficient (Wildman–Crippen LogP) is 0.942. The Bertz CT molecular complexity index is 359. The number of amides is 1. The fourth-order valence-electron chi connectivity index (χ4n) is 1.58. The van der Waals surface area contributed by atoms with Gasteiger partial charge in [0, 0.05) is 25.8 Å². The number of hydrogen-bond donors (Lipinski definition) is 1. The summed E-state index contributed by atoms with van der Waals surface area (Å²) in [5.74, 6) is 0.0717. The Morgan fingerprint density at radius 2 is 2.25 bits per heavy atom. The second-order valence-electron chi connectivity index (χ2n) is 4.04. The van der Waals surface area contributed by atoms with E-state index in [1.807, 2.05) is 25.3 Å². The summed E-state index contributed by atoms with van der Waals surface area (Å²) in [5.41, 5.74) is 6.70. The number of nitrogens with zero attached hydrogens (tertiary/aromatic N) is 3. The van der Waals surface area contributed by atoms with Gasteiger partial charge >= 0.3 is 0 Å². The van der Waals surface area contributed by atoms with Gasteiger partial charge in [0.25, 0.3) is 0 Å². The predicted molar refractivity (Wildman–Crippen MR) is 62.9 cm³/mol. The number of carbonyl (C=O) groups excluding carboxylic acids is 1. The molecule has 0 aliphatic carbocycles. The van der Waals surface area contributed by atoms with Crippen molar-refractivity contribution in [3.05, 3.63) is 18.2 Å². The molecule has 0 aromatic carbocycles. The molecule has 0 saturated heterocycles. The SMILES string of the molecule is CCN(C)C(=O)C(C)n1cncc1C(C)N. The third-order valence-corrected chi connectivity index (χ3v) is 2.79. The van der Waals surface area contributed by atoms with Crippen molar-refractivity contribution in [3.8, 4) is 0 Å². The molecule has 0 aliphatic heterocycles. The minimum absolute atomic E-state index is 0.0717. The molecular formula is C11H20N4O. The molecule has 1 aromatic heterocycles. The van der Waals surface area contributed by atoms with Crippen LogP contribution in [0.2, 0.25) is 0 Å². The molecule has 2 atom stereocenters. The number of rotatable bonds is 4. The largest absolute Gasteiger partial charge is 0.344 e. The summed E-state index contributed by atoms with van der Waals surface area (Å²) in [5, 5.41) is 0. The highest BCUT2D eigenvalue weighted by atomic mass is 16.2. The number of imidazole rings is 1. The number of aromatic nitrogens is 2. The summed E-state index contributed by atoms with van der Waals surface area (Å²) in [4.78, 5) is 17.7. The van der Waals surface area contributed by atoms with E-state index in [1.165, 1.54) is 0 Å². The minimum atomic E-state index is -0.256. The van der Waals surface area contributed by atoms with Crippen LogP contribution in [0.3, 0.4) is 0 Å². The molecule has 2 N–H and O–H groups in total. The first-order chi connectivity index (χ1) is 7.49. The molecule has 1 aromatic rings. The van der Waals surface area contributed by atoms with Gasteiger partial charge in [0.1, 0.15) is 6.04 Å². The molecular weight excluding hydrogens is 204 g/mol. The summed E-state index contributed by atoms with van der Waals surface area (Å²) in [6.07, 6.45) is 3.37. The molecule has 0 radical (unpaired) electrons. The first-order valence-electron chi connectivity index (χ1n) is 5.51. The quantitative estimate of drug-likeness (QED) is 0.828. The van der Waals surface area contributed by atoms with E-state index in [-0.39, 0.29) is 18.0 Å². The fraction of sp³-hybridized carbons (Fsp3) is 0.636. The van der Waals surface area contributed by atoms with Crippen LogP contribution >= 0.6 is 0 Å². The maximum atomic E-state index is 12.0. The number of carbonyl (C=O) groups is 1. The van der Waals surface area contributed by atoms with Gasteiger partial charge in [-0.3, -0.25) is 4.79 Å². The Balaban J connectivity index is 2.92. The van der Waals surface area contributed by atoms with Crippen molar-refractivity contribution < 1.29 is 4.79 Å². The van der Waals surface area contributed by atoms with Crippen LogP contribution in [0.25, 0.3) is 0 Å². The van der Waals surface area contributed by atoms with E-state index in [9.17, 15) is 4.79 Å². The van der Waals surface area contributed by atoms with Crippen LogP contribution in [-0.2, 0) is 4.79 Å². The third kappa shape index (κ3) is 2.41. The zero-order chi connectivity index (χ0) is 12.3. The molecule has 1 rings (SSSR count). The molecule has 5 heteroatoms. The topological polar surface area (TPSA) is 64.2 Å². The summed E-state index contributed by atoms with van der Waals surface area (Å²) >= 11 is 0. The molecule has 1 heterocycles. The van der Waals surface area contributed by atoms with Crippen LogP contribution in [-0.4, -0.2) is 34.0 Å². The first kappa shape index (κ1) is 12.7. The normalized spacial score (nSPS) is 14.6. The van der Waals surface area contributed by atoms with E-state index in [0.717, 1.165) is 5.69 Å². The molecule has 0 bridgehead atoms. The Hall–Kier alpha value is -1.36. The van der Waals surface area contributed by atoms with Crippen LogP contribution in [0.4, 0.5) is 0 Å². The average Bonchev–Trinajstić information content (AvgIpc) is 2.74. The van der Waals surface area contributed by atoms with E-state index in [0.29, 0.717) is 6.54 Å². The molecule has 16 heavy (non-hydrogen) atoms. The van der Waals surface area contributed by atoms with Crippen molar-refractivity contribution >= 4 is 5.91 Å². The molecule has 90 valence electrons. The van der Waals surface area contributed by atoms with Gasteiger partial charge in [0.15, 0.2) is 0 Å². The van der Waals surface area contributed by atoms with Gasteiger partial charge in [0.2, 0.25) is 5.91 Å². The van der Waals surface area contributed by atoms with Gasteiger partial charge in [-0.05, 0) is 20.8 Å². The lowest BCUT2D eigenvalue weighted by atomic mass is 10.2. The summed E-state index contributed by atoms with van der Waals surface area (Å²) < 4.78 is 1.83. The molecule has 5 nitrogen and oxygen atoms in total. The van der Waals surface area contributed by atoms with Crippen molar-refractivity contribution in [2.45, 2.75) is 32.9 Å². The van der Waals surface area contributed by atoms with E-state index < -0.39 is 0 Å². The summed E-state index contributed by atoms with van der Waals surface area (Å²) in [6.45, 7) is 6.40. The van der Waals surface area contributed by atoms with Crippen LogP contribution in [0.1, 0.15) is 38.5 Å². The maximum Gasteiger partial charge on any atom is 0.245 e. The Kier molecular flexibility index (Phi) is 4.06. The van der Waals surface area contributed by atoms with Gasteiger partial charge in [0.05, 0.1) is 12.0 Å². The lowest BCUT2D eigenvalue weighted by Crippen LogP contribution is -2.33. The Labute approximate surface area is 96.3 Å². The maximum absolute atomic E-state index is 12.0. The zero-order valence-corrected chi connectivity index (χ0v) is 10.3. The van der Waals surface area contributed by atoms with Gasteiger partial charge in [-0.1, -0.05) is 0 Å². The highest BCUT2D eigenvalue weighted by molar-refractivity contribution is 5.79. The van der Waals surface area contributed by atoms with Crippen LogP contribution in [0.5, 0.6) is 0 Å². The molecule has 0 saturated carbocycles. The zero-order valence-electron chi connectivity index (χ0n) is 10.3. The van der Waals surface area contributed by atoms with Crippen molar-refractivity contribution in [2.24, 2.45) is 5.73 Å². The van der Waals surface area contributed by atoms with Crippen LogP contribution < -0.4 is 5.73 Å². The smallest absolute Gasteiger partial charge is 0.245 e. The highest BCUT2D eigenvalue weighted by Gasteiger charge is 2.21. The number of likely N-dealkylation sites (N-methyl/N-ethyl adjacent to an activating group) is 1. The first-order valence-corrected chi connectivity index (χ1v) is 5.51. The average molecular weight is 224 g/mol. The Morgan fingerprint density at radius 3 is 2.75 bits per heavy atom. The van der Waals surface area contributed by atoms with Gasteiger partial charge in [-0.25, -0.2) is 4.98 Å². The molecule has 0 aliphatic rings. The van der Waals surface area contributed by atoms with Crippen molar-refractivity contribution in [1.29, 1.82) is 0 Å². The molecule has 0 fully saturated rings. The van der Waals surface area contributed by atoms with E-state index >= 15 is 0 Å². The highest BCUT2D eigenvalue weighted by Crippen LogP contribution is 2.16. The lowest BCUT2D eigenvalue weighted by molar-refractivity contribution is -0.132. The summed E-state index contributed by atoms with van der Waals surface area (Å²) in [6, 6.07) is -0.377. The molecule has 2 unspecified atom stereocenters. The van der Waals surface area contributed by atoms with Gasteiger partial charge in [-0.2, -0.15) is 0 Å². The second kappa shape index (κ2) is 5.12. The molecule has 0 spiro atoms. The molecule has 1 amide bonds. The number of nitrogens with two attached hydrogens (primary N) is 1. The summed E-state index contributed by atoms with van der Waals surface area (Å²) in [7, 11) is 1.79.